The first-order valence-electron chi connectivity index (χ1n) is 11.1. The number of aliphatic hydroxyl groups is 1. The number of para-hydroxylation sites is 1. The molecule has 0 bridgehead atoms. The molecule has 0 radical (unpaired) electrons. The lowest BCUT2D eigenvalue weighted by Gasteiger charge is -2.40. The average molecular weight is 449 g/mol. The van der Waals surface area contributed by atoms with E-state index in [1.807, 2.05) is 23.1 Å². The average Bonchev–Trinajstić information content (AvgIpc) is 2.82. The van der Waals surface area contributed by atoms with Crippen LogP contribution in [-0.4, -0.2) is 88.0 Å². The monoisotopic (exact) mass is 448 g/mol. The van der Waals surface area contributed by atoms with Gasteiger partial charge in [-0.15, -0.1) is 0 Å². The second kappa shape index (κ2) is 11.1. The molecule has 1 saturated heterocycles. The van der Waals surface area contributed by atoms with E-state index in [1.165, 1.54) is 5.48 Å². The van der Waals surface area contributed by atoms with Crippen LogP contribution in [0.3, 0.4) is 0 Å². The van der Waals surface area contributed by atoms with Gasteiger partial charge in [-0.2, -0.15) is 0 Å². The number of hydroxylamine groups is 1. The zero-order chi connectivity index (χ0) is 23.1. The minimum atomic E-state index is -1.21. The van der Waals surface area contributed by atoms with Crippen LogP contribution in [-0.2, 0) is 9.59 Å². The second-order valence-corrected chi connectivity index (χ2v) is 8.48. The molecule has 1 aromatic carbocycles. The lowest BCUT2D eigenvalue weighted by atomic mass is 9.84. The third kappa shape index (κ3) is 6.10. The molecule has 1 heterocycles. The summed E-state index contributed by atoms with van der Waals surface area (Å²) >= 11 is 0. The summed E-state index contributed by atoms with van der Waals surface area (Å²) in [4.78, 5) is 41.2. The molecule has 32 heavy (non-hydrogen) atoms. The molecule has 1 aliphatic carbocycles. The van der Waals surface area contributed by atoms with E-state index in [-0.39, 0.29) is 30.8 Å². The van der Waals surface area contributed by atoms with Gasteiger partial charge in [-0.1, -0.05) is 18.2 Å². The fraction of sp³-hybridized carbons (Fsp3) is 0.591. The van der Waals surface area contributed by atoms with Crippen LogP contribution in [0, 0.1) is 5.92 Å². The highest BCUT2D eigenvalue weighted by Gasteiger charge is 2.35. The Labute approximate surface area is 187 Å². The predicted molar refractivity (Wildman–Crippen MR) is 116 cm³/mol. The van der Waals surface area contributed by atoms with Crippen molar-refractivity contribution in [2.24, 2.45) is 5.92 Å². The van der Waals surface area contributed by atoms with Gasteiger partial charge in [-0.25, -0.2) is 10.3 Å². The van der Waals surface area contributed by atoms with Crippen LogP contribution < -0.4 is 10.4 Å². The van der Waals surface area contributed by atoms with Gasteiger partial charge in [0.05, 0.1) is 19.1 Å². The van der Waals surface area contributed by atoms with E-state index < -0.39 is 18.1 Å². The molecule has 1 atom stereocenters. The SMILES string of the molecule is O=C(C[C@@H](O)CN(C(=O)O)C1CCC(C(=O)N2CCN(c3ccccc3)CC2)CC1)NO. The summed E-state index contributed by atoms with van der Waals surface area (Å²) in [6.45, 7) is 2.71. The highest BCUT2D eigenvalue weighted by atomic mass is 16.5. The smallest absolute Gasteiger partial charge is 0.407 e. The second-order valence-electron chi connectivity index (χ2n) is 8.48. The van der Waals surface area contributed by atoms with Gasteiger partial charge in [0.1, 0.15) is 0 Å². The maximum atomic E-state index is 13.0. The molecule has 0 spiro atoms. The summed E-state index contributed by atoms with van der Waals surface area (Å²) < 4.78 is 0. The van der Waals surface area contributed by atoms with Crippen molar-refractivity contribution in [3.05, 3.63) is 30.3 Å². The number of carbonyl (C=O) groups is 3. The van der Waals surface area contributed by atoms with Crippen molar-refractivity contribution in [2.45, 2.75) is 44.2 Å². The zero-order valence-corrected chi connectivity index (χ0v) is 18.1. The Kier molecular flexibility index (Phi) is 8.29. The molecule has 1 aromatic rings. The summed E-state index contributed by atoms with van der Waals surface area (Å²) in [7, 11) is 0. The maximum Gasteiger partial charge on any atom is 0.407 e. The van der Waals surface area contributed by atoms with Gasteiger partial charge in [0.15, 0.2) is 0 Å². The van der Waals surface area contributed by atoms with E-state index in [9.17, 15) is 24.6 Å². The standard InChI is InChI=1S/C22H32N4O6/c27-19(14-20(28)23-32)15-26(22(30)31)18-8-6-16(7-9-18)21(29)25-12-10-24(11-13-25)17-4-2-1-3-5-17/h1-5,16,18-19,27,32H,6-15H2,(H,23,28)(H,30,31)/t16?,18?,19-/m1/s1. The van der Waals surface area contributed by atoms with Crippen LogP contribution >= 0.6 is 0 Å². The molecule has 3 rings (SSSR count). The molecule has 176 valence electrons. The van der Waals surface area contributed by atoms with E-state index in [0.29, 0.717) is 38.8 Å². The van der Waals surface area contributed by atoms with Crippen LogP contribution in [0.4, 0.5) is 10.5 Å². The number of piperazine rings is 1. The maximum absolute atomic E-state index is 13.0. The first-order chi connectivity index (χ1) is 15.4. The number of carbonyl (C=O) groups excluding carboxylic acids is 2. The fourth-order valence-corrected chi connectivity index (χ4v) is 4.65. The molecule has 2 aliphatic rings. The molecule has 10 nitrogen and oxygen atoms in total. The van der Waals surface area contributed by atoms with Crippen LogP contribution in [0.5, 0.6) is 0 Å². The number of rotatable bonds is 7. The normalized spacial score (nSPS) is 22.2. The lowest BCUT2D eigenvalue weighted by molar-refractivity contribution is -0.137. The van der Waals surface area contributed by atoms with Crippen LogP contribution in [0.1, 0.15) is 32.1 Å². The predicted octanol–water partition coefficient (Wildman–Crippen LogP) is 1.13. The summed E-state index contributed by atoms with van der Waals surface area (Å²) in [5, 5.41) is 28.1. The molecule has 3 amide bonds. The first kappa shape index (κ1) is 23.8. The Morgan fingerprint density at radius 3 is 2.22 bits per heavy atom. The van der Waals surface area contributed by atoms with Gasteiger partial charge < -0.3 is 24.9 Å². The summed E-state index contributed by atoms with van der Waals surface area (Å²) in [5.41, 5.74) is 2.59. The fourth-order valence-electron chi connectivity index (χ4n) is 4.65. The number of hydrogen-bond donors (Lipinski definition) is 4. The number of hydrogen-bond acceptors (Lipinski definition) is 6. The molecular weight excluding hydrogens is 416 g/mol. The quantitative estimate of drug-likeness (QED) is 0.363. The van der Waals surface area contributed by atoms with Gasteiger partial charge >= 0.3 is 6.09 Å². The van der Waals surface area contributed by atoms with E-state index in [2.05, 4.69) is 17.0 Å². The Morgan fingerprint density at radius 1 is 1.03 bits per heavy atom. The van der Waals surface area contributed by atoms with Crippen molar-refractivity contribution in [2.75, 3.05) is 37.6 Å². The molecular formula is C22H32N4O6. The Morgan fingerprint density at radius 2 is 1.66 bits per heavy atom. The van der Waals surface area contributed by atoms with Crippen molar-refractivity contribution in [3.63, 3.8) is 0 Å². The number of nitrogens with one attached hydrogen (secondary N) is 1. The molecule has 4 N–H and O–H groups in total. The summed E-state index contributed by atoms with van der Waals surface area (Å²) in [6, 6.07) is 9.83. The molecule has 1 aliphatic heterocycles. The van der Waals surface area contributed by atoms with Crippen molar-refractivity contribution in [1.82, 2.24) is 15.3 Å². The Hall–Kier alpha value is -2.85. The van der Waals surface area contributed by atoms with Gasteiger partial charge in [0.25, 0.3) is 0 Å². The zero-order valence-electron chi connectivity index (χ0n) is 18.1. The summed E-state index contributed by atoms with van der Waals surface area (Å²) in [6.07, 6.45) is -0.502. The Bertz CT molecular complexity index is 776. The number of nitrogens with zero attached hydrogens (tertiary/aromatic N) is 3. The number of anilines is 1. The van der Waals surface area contributed by atoms with E-state index >= 15 is 0 Å². The van der Waals surface area contributed by atoms with E-state index in [0.717, 1.165) is 23.7 Å². The highest BCUT2D eigenvalue weighted by Crippen LogP contribution is 2.30. The third-order valence-electron chi connectivity index (χ3n) is 6.40. The van der Waals surface area contributed by atoms with Gasteiger partial charge in [-0.3, -0.25) is 14.8 Å². The molecule has 0 aromatic heterocycles. The third-order valence-corrected chi connectivity index (χ3v) is 6.40. The first-order valence-corrected chi connectivity index (χ1v) is 11.1. The molecule has 2 fully saturated rings. The minimum Gasteiger partial charge on any atom is -0.465 e. The van der Waals surface area contributed by atoms with Crippen LogP contribution in [0.25, 0.3) is 0 Å². The number of aliphatic hydroxyl groups excluding tert-OH is 1. The number of carboxylic acid groups (broad SMARTS) is 1. The molecule has 1 saturated carbocycles. The number of benzene rings is 1. The van der Waals surface area contributed by atoms with Gasteiger partial charge in [-0.05, 0) is 37.8 Å². The van der Waals surface area contributed by atoms with Crippen LogP contribution in [0.15, 0.2) is 30.3 Å². The lowest BCUT2D eigenvalue weighted by Crippen LogP contribution is -2.52. The Balaban J connectivity index is 1.47. The van der Waals surface area contributed by atoms with E-state index in [4.69, 9.17) is 5.21 Å². The number of amides is 3. The molecule has 10 heteroatoms. The molecule has 0 unspecified atom stereocenters. The minimum absolute atomic E-state index is 0.115. The van der Waals surface area contributed by atoms with Crippen LogP contribution in [0.2, 0.25) is 0 Å². The summed E-state index contributed by atoms with van der Waals surface area (Å²) in [5.74, 6) is -0.752. The topological polar surface area (TPSA) is 134 Å². The van der Waals surface area contributed by atoms with Crippen molar-refractivity contribution in [1.29, 1.82) is 0 Å². The van der Waals surface area contributed by atoms with Crippen molar-refractivity contribution < 1.29 is 29.8 Å². The highest BCUT2D eigenvalue weighted by molar-refractivity contribution is 5.79. The van der Waals surface area contributed by atoms with Gasteiger partial charge in [0, 0.05) is 43.8 Å². The van der Waals surface area contributed by atoms with Crippen molar-refractivity contribution >= 4 is 23.6 Å². The van der Waals surface area contributed by atoms with Crippen molar-refractivity contribution in [3.8, 4) is 0 Å². The largest absolute Gasteiger partial charge is 0.465 e. The van der Waals surface area contributed by atoms with E-state index in [1.54, 1.807) is 0 Å². The van der Waals surface area contributed by atoms with Gasteiger partial charge in [0.2, 0.25) is 11.8 Å².